The third-order valence-corrected chi connectivity index (χ3v) is 6.68. The molecule has 1 aromatic carbocycles. The molecular weight excluding hydrogens is 274 g/mol. The van der Waals surface area contributed by atoms with Gasteiger partial charge in [0.05, 0.1) is 6.10 Å². The summed E-state index contributed by atoms with van der Waals surface area (Å²) in [5.74, 6) is -0.297. The molecule has 1 fully saturated rings. The highest BCUT2D eigenvalue weighted by atomic mass is 32.2. The highest BCUT2D eigenvalue weighted by Crippen LogP contribution is 2.41. The summed E-state index contributed by atoms with van der Waals surface area (Å²) in [5.41, 5.74) is 0.0647. The lowest BCUT2D eigenvalue weighted by atomic mass is 10.1. The average Bonchev–Trinajstić information content (AvgIpc) is 2.35. The van der Waals surface area contributed by atoms with Crippen molar-refractivity contribution in [1.82, 2.24) is 0 Å². The molecule has 5 heteroatoms. The average molecular weight is 290 g/mol. The van der Waals surface area contributed by atoms with Crippen LogP contribution in [0.3, 0.4) is 0 Å². The smallest absolute Gasteiger partial charge is 0.129 e. The van der Waals surface area contributed by atoms with Crippen LogP contribution in [0, 0.1) is 11.6 Å². The highest BCUT2D eigenvalue weighted by molar-refractivity contribution is 8.07. The number of hydrogen-bond acceptors (Lipinski definition) is 3. The van der Waals surface area contributed by atoms with E-state index < -0.39 is 17.7 Å². The molecule has 1 aromatic rings. The molecule has 0 amide bonds. The molecule has 1 heterocycles. The van der Waals surface area contributed by atoms with Gasteiger partial charge in [0.2, 0.25) is 0 Å². The van der Waals surface area contributed by atoms with Crippen molar-refractivity contribution in [2.24, 2.45) is 0 Å². The molecule has 0 spiro atoms. The molecule has 0 aromatic heterocycles. The second kappa shape index (κ2) is 5.80. The lowest BCUT2D eigenvalue weighted by Crippen LogP contribution is -2.30. The van der Waals surface area contributed by atoms with E-state index in [-0.39, 0.29) is 10.8 Å². The van der Waals surface area contributed by atoms with E-state index in [0.29, 0.717) is 10.5 Å². The van der Waals surface area contributed by atoms with Crippen LogP contribution in [0.4, 0.5) is 8.78 Å². The van der Waals surface area contributed by atoms with Crippen LogP contribution in [0.15, 0.2) is 18.2 Å². The molecule has 0 bridgehead atoms. The van der Waals surface area contributed by atoms with Gasteiger partial charge in [0.25, 0.3) is 0 Å². The minimum absolute atomic E-state index is 0.0647. The summed E-state index contributed by atoms with van der Waals surface area (Å²) >= 11 is 3.42. The third kappa shape index (κ3) is 3.00. The van der Waals surface area contributed by atoms with Gasteiger partial charge in [-0.3, -0.25) is 0 Å². The molecule has 1 saturated heterocycles. The molecule has 1 aliphatic rings. The molecule has 100 valence electrons. The van der Waals surface area contributed by atoms with Gasteiger partial charge in [-0.2, -0.15) is 23.5 Å². The van der Waals surface area contributed by atoms with Crippen molar-refractivity contribution in [1.29, 1.82) is 0 Å². The van der Waals surface area contributed by atoms with Crippen LogP contribution in [0.25, 0.3) is 0 Å². The topological polar surface area (TPSA) is 20.2 Å². The number of halogens is 2. The SMILES string of the molecule is CC1SCC(C(O)c2cc(F)ccc2F)SC1C. The van der Waals surface area contributed by atoms with Crippen molar-refractivity contribution in [3.63, 3.8) is 0 Å². The van der Waals surface area contributed by atoms with E-state index in [0.717, 1.165) is 24.0 Å². The Balaban J connectivity index is 2.16. The van der Waals surface area contributed by atoms with Gasteiger partial charge in [0.1, 0.15) is 11.6 Å². The Bertz CT molecular complexity index is 427. The summed E-state index contributed by atoms with van der Waals surface area (Å²) in [6.45, 7) is 4.25. The van der Waals surface area contributed by atoms with Crippen LogP contribution in [-0.2, 0) is 0 Å². The number of rotatable bonds is 2. The maximum atomic E-state index is 13.6. The predicted octanol–water partition coefficient (Wildman–Crippen LogP) is 3.62. The summed E-state index contributed by atoms with van der Waals surface area (Å²) in [5, 5.41) is 11.1. The van der Waals surface area contributed by atoms with Crippen LogP contribution >= 0.6 is 23.5 Å². The van der Waals surface area contributed by atoms with Gasteiger partial charge in [-0.25, -0.2) is 8.78 Å². The number of thioether (sulfide) groups is 2. The first kappa shape index (κ1) is 14.2. The fraction of sp³-hybridized carbons (Fsp3) is 0.538. The zero-order valence-corrected chi connectivity index (χ0v) is 11.9. The van der Waals surface area contributed by atoms with Crippen molar-refractivity contribution in [3.8, 4) is 0 Å². The van der Waals surface area contributed by atoms with E-state index >= 15 is 0 Å². The molecule has 18 heavy (non-hydrogen) atoms. The van der Waals surface area contributed by atoms with Crippen LogP contribution < -0.4 is 0 Å². The molecule has 4 atom stereocenters. The van der Waals surface area contributed by atoms with Crippen molar-refractivity contribution in [2.45, 2.75) is 35.7 Å². The lowest BCUT2D eigenvalue weighted by Gasteiger charge is -2.34. The second-order valence-electron chi connectivity index (χ2n) is 4.53. The van der Waals surface area contributed by atoms with Gasteiger partial charge >= 0.3 is 0 Å². The molecule has 4 unspecified atom stereocenters. The largest absolute Gasteiger partial charge is 0.387 e. The van der Waals surface area contributed by atoms with Gasteiger partial charge in [0, 0.05) is 27.1 Å². The summed E-state index contributed by atoms with van der Waals surface area (Å²) in [6.07, 6.45) is -0.951. The number of aliphatic hydroxyl groups excluding tert-OH is 1. The van der Waals surface area contributed by atoms with Gasteiger partial charge in [-0.1, -0.05) is 13.8 Å². The molecule has 0 aliphatic carbocycles. The Hall–Kier alpha value is -0.260. The monoisotopic (exact) mass is 290 g/mol. The summed E-state index contributed by atoms with van der Waals surface area (Å²) in [7, 11) is 0. The fourth-order valence-corrected chi connectivity index (χ4v) is 4.91. The fourth-order valence-electron chi connectivity index (χ4n) is 1.91. The zero-order chi connectivity index (χ0) is 13.3. The van der Waals surface area contributed by atoms with Gasteiger partial charge < -0.3 is 5.11 Å². The van der Waals surface area contributed by atoms with E-state index in [1.165, 1.54) is 0 Å². The number of hydrogen-bond donors (Lipinski definition) is 1. The summed E-state index contributed by atoms with van der Waals surface area (Å²) < 4.78 is 26.7. The summed E-state index contributed by atoms with van der Waals surface area (Å²) in [4.78, 5) is 0. The normalized spacial score (nSPS) is 30.2. The maximum Gasteiger partial charge on any atom is 0.129 e. The zero-order valence-electron chi connectivity index (χ0n) is 10.3. The van der Waals surface area contributed by atoms with E-state index in [9.17, 15) is 13.9 Å². The van der Waals surface area contributed by atoms with Crippen LogP contribution in [-0.4, -0.2) is 26.6 Å². The summed E-state index contributed by atoms with van der Waals surface area (Å²) in [6, 6.07) is 3.23. The Morgan fingerprint density at radius 3 is 2.67 bits per heavy atom. The van der Waals surface area contributed by atoms with Crippen LogP contribution in [0.1, 0.15) is 25.5 Å². The van der Waals surface area contributed by atoms with Crippen molar-refractivity contribution in [3.05, 3.63) is 35.4 Å². The molecule has 1 nitrogen and oxygen atoms in total. The number of aliphatic hydroxyl groups is 1. The van der Waals surface area contributed by atoms with Gasteiger partial charge in [-0.05, 0) is 18.2 Å². The molecule has 1 N–H and O–H groups in total. The highest BCUT2D eigenvalue weighted by Gasteiger charge is 2.32. The van der Waals surface area contributed by atoms with E-state index in [1.54, 1.807) is 23.5 Å². The van der Waals surface area contributed by atoms with E-state index in [4.69, 9.17) is 0 Å². The van der Waals surface area contributed by atoms with Crippen molar-refractivity contribution >= 4 is 23.5 Å². The quantitative estimate of drug-likeness (QED) is 0.898. The number of benzene rings is 1. The Labute approximate surface area is 114 Å². The Kier molecular flexibility index (Phi) is 4.56. The van der Waals surface area contributed by atoms with Crippen molar-refractivity contribution in [2.75, 3.05) is 5.75 Å². The standard InChI is InChI=1S/C13H16F2OS2/c1-7-8(2)18-12(6-17-7)13(16)10-5-9(14)3-4-11(10)15/h3-5,7-8,12-13,16H,6H2,1-2H3. The first-order valence-electron chi connectivity index (χ1n) is 5.89. The molecule has 0 radical (unpaired) electrons. The first-order valence-corrected chi connectivity index (χ1v) is 7.88. The third-order valence-electron chi connectivity index (χ3n) is 3.20. The van der Waals surface area contributed by atoms with Gasteiger partial charge in [0.15, 0.2) is 0 Å². The first-order chi connectivity index (χ1) is 8.49. The molecular formula is C13H16F2OS2. The molecule has 1 aliphatic heterocycles. The van der Waals surface area contributed by atoms with Crippen LogP contribution in [0.2, 0.25) is 0 Å². The minimum atomic E-state index is -0.951. The van der Waals surface area contributed by atoms with E-state index in [1.807, 2.05) is 0 Å². The minimum Gasteiger partial charge on any atom is -0.387 e. The van der Waals surface area contributed by atoms with Gasteiger partial charge in [-0.15, -0.1) is 0 Å². The molecule has 0 saturated carbocycles. The molecule has 2 rings (SSSR count). The van der Waals surface area contributed by atoms with E-state index in [2.05, 4.69) is 13.8 Å². The Morgan fingerprint density at radius 1 is 1.28 bits per heavy atom. The van der Waals surface area contributed by atoms with Crippen LogP contribution in [0.5, 0.6) is 0 Å². The second-order valence-corrected chi connectivity index (χ2v) is 7.56. The lowest BCUT2D eigenvalue weighted by molar-refractivity contribution is 0.175. The maximum absolute atomic E-state index is 13.6. The Morgan fingerprint density at radius 2 is 2.00 bits per heavy atom. The predicted molar refractivity (Wildman–Crippen MR) is 74.1 cm³/mol. The van der Waals surface area contributed by atoms with Crippen molar-refractivity contribution < 1.29 is 13.9 Å².